The highest BCUT2D eigenvalue weighted by Crippen LogP contribution is 2.24. The van der Waals surface area contributed by atoms with Crippen LogP contribution < -0.4 is 9.62 Å². The number of hydrogen-bond donors (Lipinski definition) is 1. The molecule has 1 N–H and O–H groups in total. The average molecular weight is 411 g/mol. The summed E-state index contributed by atoms with van der Waals surface area (Å²) in [5.74, 6) is -0.388. The van der Waals surface area contributed by atoms with Gasteiger partial charge in [0.25, 0.3) is 10.0 Å². The Hall–Kier alpha value is -2.09. The largest absolute Gasteiger partial charge is 0.382 e. The molecule has 0 spiro atoms. The molecule has 0 radical (unpaired) electrons. The zero-order valence-corrected chi connectivity index (χ0v) is 16.7. The van der Waals surface area contributed by atoms with Gasteiger partial charge in [-0.25, -0.2) is 8.42 Å². The molecule has 0 saturated carbocycles. The second-order valence-corrected chi connectivity index (χ2v) is 8.00. The lowest BCUT2D eigenvalue weighted by Crippen LogP contribution is -2.41. The van der Waals surface area contributed by atoms with E-state index in [0.717, 1.165) is 4.31 Å². The summed E-state index contributed by atoms with van der Waals surface area (Å²) in [6, 6.07) is 14.3. The van der Waals surface area contributed by atoms with Crippen molar-refractivity contribution in [1.82, 2.24) is 5.32 Å². The smallest absolute Gasteiger partial charge is 0.264 e. The number of rotatable bonds is 10. The van der Waals surface area contributed by atoms with Crippen LogP contribution in [-0.4, -0.2) is 40.6 Å². The number of sulfonamides is 1. The normalized spacial score (nSPS) is 11.2. The lowest BCUT2D eigenvalue weighted by atomic mass is 10.3. The Bertz CT molecular complexity index is 827. The van der Waals surface area contributed by atoms with Crippen molar-refractivity contribution >= 4 is 33.2 Å². The molecule has 0 saturated heterocycles. The Balaban J connectivity index is 2.18. The lowest BCUT2D eigenvalue weighted by Gasteiger charge is -2.24. The molecule has 0 atom stereocenters. The van der Waals surface area contributed by atoms with Crippen LogP contribution in [0.15, 0.2) is 59.5 Å². The molecule has 0 fully saturated rings. The molecule has 0 unspecified atom stereocenters. The van der Waals surface area contributed by atoms with Crippen molar-refractivity contribution in [3.8, 4) is 0 Å². The lowest BCUT2D eigenvalue weighted by molar-refractivity contribution is -0.119. The number of carbonyl (C=O) groups excluding carboxylic acids is 1. The quantitative estimate of drug-likeness (QED) is 0.611. The fraction of sp³-hybridized carbons (Fsp3) is 0.316. The molecule has 2 rings (SSSR count). The minimum atomic E-state index is -3.90. The van der Waals surface area contributed by atoms with Gasteiger partial charge in [-0.15, -0.1) is 0 Å². The van der Waals surface area contributed by atoms with E-state index in [-0.39, 0.29) is 17.3 Å². The van der Waals surface area contributed by atoms with E-state index in [2.05, 4.69) is 5.32 Å². The minimum Gasteiger partial charge on any atom is -0.382 e. The zero-order chi connectivity index (χ0) is 19.7. The van der Waals surface area contributed by atoms with Crippen LogP contribution >= 0.6 is 11.6 Å². The predicted molar refractivity (Wildman–Crippen MR) is 107 cm³/mol. The van der Waals surface area contributed by atoms with Crippen LogP contribution in [0, 0.1) is 0 Å². The monoisotopic (exact) mass is 410 g/mol. The molecule has 6 nitrogen and oxygen atoms in total. The fourth-order valence-corrected chi connectivity index (χ4v) is 3.94. The third kappa shape index (κ3) is 6.23. The van der Waals surface area contributed by atoms with Crippen molar-refractivity contribution in [3.63, 3.8) is 0 Å². The highest BCUT2D eigenvalue weighted by atomic mass is 35.5. The molecule has 0 aromatic heterocycles. The van der Waals surface area contributed by atoms with E-state index >= 15 is 0 Å². The summed E-state index contributed by atoms with van der Waals surface area (Å²) >= 11 is 5.90. The van der Waals surface area contributed by atoms with Gasteiger partial charge < -0.3 is 10.1 Å². The van der Waals surface area contributed by atoms with Gasteiger partial charge in [0.15, 0.2) is 0 Å². The van der Waals surface area contributed by atoms with E-state index in [9.17, 15) is 13.2 Å². The van der Waals surface area contributed by atoms with Crippen molar-refractivity contribution in [2.75, 3.05) is 30.6 Å². The Morgan fingerprint density at radius 2 is 1.78 bits per heavy atom. The molecule has 1 amide bonds. The van der Waals surface area contributed by atoms with E-state index in [1.807, 2.05) is 6.92 Å². The second-order valence-electron chi connectivity index (χ2n) is 5.70. The summed E-state index contributed by atoms with van der Waals surface area (Å²) in [7, 11) is -3.90. The van der Waals surface area contributed by atoms with Crippen LogP contribution in [-0.2, 0) is 19.6 Å². The highest BCUT2D eigenvalue weighted by molar-refractivity contribution is 7.92. The van der Waals surface area contributed by atoms with E-state index in [1.165, 1.54) is 12.1 Å². The molecule has 0 aliphatic carbocycles. The maximum atomic E-state index is 13.1. The van der Waals surface area contributed by atoms with Crippen molar-refractivity contribution in [3.05, 3.63) is 59.6 Å². The number of nitrogens with one attached hydrogen (secondary N) is 1. The van der Waals surface area contributed by atoms with Gasteiger partial charge in [0, 0.05) is 24.8 Å². The van der Waals surface area contributed by atoms with E-state index in [1.54, 1.807) is 42.5 Å². The van der Waals surface area contributed by atoms with Crippen LogP contribution in [0.5, 0.6) is 0 Å². The van der Waals surface area contributed by atoms with Crippen LogP contribution in [0.1, 0.15) is 13.3 Å². The third-order valence-corrected chi connectivity index (χ3v) is 5.76. The minimum absolute atomic E-state index is 0.115. The summed E-state index contributed by atoms with van der Waals surface area (Å²) in [4.78, 5) is 12.4. The predicted octanol–water partition coefficient (Wildman–Crippen LogP) is 3.08. The van der Waals surface area contributed by atoms with Crippen LogP contribution in [0.25, 0.3) is 0 Å². The molecule has 27 heavy (non-hydrogen) atoms. The zero-order valence-electron chi connectivity index (χ0n) is 15.1. The number of halogens is 1. The van der Waals surface area contributed by atoms with Gasteiger partial charge in [0.05, 0.1) is 10.6 Å². The Kier molecular flexibility index (Phi) is 8.09. The molecule has 2 aromatic rings. The molecule has 0 bridgehead atoms. The first-order valence-corrected chi connectivity index (χ1v) is 10.4. The van der Waals surface area contributed by atoms with E-state index < -0.39 is 10.0 Å². The van der Waals surface area contributed by atoms with Gasteiger partial charge in [-0.05, 0) is 49.7 Å². The number of carbonyl (C=O) groups is 1. The maximum Gasteiger partial charge on any atom is 0.264 e. The van der Waals surface area contributed by atoms with Gasteiger partial charge >= 0.3 is 0 Å². The summed E-state index contributed by atoms with van der Waals surface area (Å²) in [5, 5.41) is 3.21. The van der Waals surface area contributed by atoms with Gasteiger partial charge in [-0.1, -0.05) is 29.8 Å². The second kappa shape index (κ2) is 10.3. The van der Waals surface area contributed by atoms with Gasteiger partial charge in [-0.3, -0.25) is 9.10 Å². The number of amides is 1. The standard InChI is InChI=1S/C19H23ClN2O4S/c1-2-26-14-6-13-21-19(23)15-22(17-11-9-16(20)10-12-17)27(24,25)18-7-4-3-5-8-18/h3-5,7-12H,2,6,13-15H2,1H3,(H,21,23). The van der Waals surface area contributed by atoms with Crippen LogP contribution in [0.3, 0.4) is 0 Å². The molecule has 0 aliphatic rings. The molecule has 0 aliphatic heterocycles. The first kappa shape index (κ1) is 21.2. The molecule has 0 heterocycles. The van der Waals surface area contributed by atoms with Crippen LogP contribution in [0.4, 0.5) is 5.69 Å². The van der Waals surface area contributed by atoms with Crippen molar-refractivity contribution in [1.29, 1.82) is 0 Å². The highest BCUT2D eigenvalue weighted by Gasteiger charge is 2.26. The first-order chi connectivity index (χ1) is 12.9. The van der Waals surface area contributed by atoms with E-state index in [4.69, 9.17) is 16.3 Å². The number of ether oxygens (including phenoxy) is 1. The summed E-state index contributed by atoms with van der Waals surface area (Å²) in [6.45, 7) is 3.15. The van der Waals surface area contributed by atoms with Crippen molar-refractivity contribution in [2.45, 2.75) is 18.2 Å². The van der Waals surface area contributed by atoms with E-state index in [0.29, 0.717) is 36.9 Å². The number of anilines is 1. The maximum absolute atomic E-state index is 13.1. The third-order valence-electron chi connectivity index (χ3n) is 3.72. The van der Waals surface area contributed by atoms with Crippen molar-refractivity contribution < 1.29 is 17.9 Å². The average Bonchev–Trinajstić information content (AvgIpc) is 2.67. The summed E-state index contributed by atoms with van der Waals surface area (Å²) in [6.07, 6.45) is 0.659. The Morgan fingerprint density at radius 3 is 2.41 bits per heavy atom. The van der Waals surface area contributed by atoms with Gasteiger partial charge in [0.1, 0.15) is 6.54 Å². The summed E-state index contributed by atoms with van der Waals surface area (Å²) < 4.78 is 32.4. The van der Waals surface area contributed by atoms with Gasteiger partial charge in [0.2, 0.25) is 5.91 Å². The SMILES string of the molecule is CCOCCCNC(=O)CN(c1ccc(Cl)cc1)S(=O)(=O)c1ccccc1. The number of hydrogen-bond acceptors (Lipinski definition) is 4. The van der Waals surface area contributed by atoms with Crippen LogP contribution in [0.2, 0.25) is 5.02 Å². The summed E-state index contributed by atoms with van der Waals surface area (Å²) in [5.41, 5.74) is 0.368. The topological polar surface area (TPSA) is 75.7 Å². The number of benzene rings is 2. The molecule has 8 heteroatoms. The number of nitrogens with zero attached hydrogens (tertiary/aromatic N) is 1. The van der Waals surface area contributed by atoms with Gasteiger partial charge in [-0.2, -0.15) is 0 Å². The molecular weight excluding hydrogens is 388 g/mol. The molecule has 2 aromatic carbocycles. The Morgan fingerprint density at radius 1 is 1.11 bits per heavy atom. The molecular formula is C19H23ClN2O4S. The Labute approximate surface area is 165 Å². The fourth-order valence-electron chi connectivity index (χ4n) is 2.37. The van der Waals surface area contributed by atoms with Crippen molar-refractivity contribution in [2.24, 2.45) is 0 Å². The first-order valence-electron chi connectivity index (χ1n) is 8.63. The molecule has 146 valence electrons.